The second-order valence-corrected chi connectivity index (χ2v) is 4.86. The molecule has 0 aromatic heterocycles. The molecule has 1 atom stereocenters. The summed E-state index contributed by atoms with van der Waals surface area (Å²) in [5.74, 6) is -0.0565. The summed E-state index contributed by atoms with van der Waals surface area (Å²) in [5.41, 5.74) is 2.35. The van der Waals surface area contributed by atoms with Crippen LogP contribution in [0.15, 0.2) is 42.0 Å². The molecular weight excluding hydrogens is 242 g/mol. The van der Waals surface area contributed by atoms with Crippen molar-refractivity contribution in [1.29, 1.82) is 0 Å². The van der Waals surface area contributed by atoms with Crippen molar-refractivity contribution in [3.63, 3.8) is 0 Å². The highest BCUT2D eigenvalue weighted by Gasteiger charge is 2.31. The van der Waals surface area contributed by atoms with Crippen LogP contribution in [0, 0.1) is 0 Å². The van der Waals surface area contributed by atoms with Crippen molar-refractivity contribution in [2.75, 3.05) is 13.2 Å². The number of carbonyl (C=O) groups excluding carboxylic acids is 1. The fraction of sp³-hybridized carbons (Fsp3) is 0.400. The molecule has 1 fully saturated rings. The first-order valence-electron chi connectivity index (χ1n) is 6.60. The summed E-state index contributed by atoms with van der Waals surface area (Å²) in [5, 5.41) is 1.44. The van der Waals surface area contributed by atoms with Gasteiger partial charge in [-0.3, -0.25) is 9.63 Å². The van der Waals surface area contributed by atoms with E-state index < -0.39 is 6.10 Å². The zero-order chi connectivity index (χ0) is 13.1. The van der Waals surface area contributed by atoms with Gasteiger partial charge in [0.15, 0.2) is 0 Å². The highest BCUT2D eigenvalue weighted by molar-refractivity contribution is 5.80. The van der Waals surface area contributed by atoms with Crippen LogP contribution in [0.3, 0.4) is 0 Å². The van der Waals surface area contributed by atoms with Crippen molar-refractivity contribution in [3.05, 3.63) is 47.5 Å². The van der Waals surface area contributed by atoms with E-state index in [-0.39, 0.29) is 5.91 Å². The van der Waals surface area contributed by atoms with Crippen LogP contribution in [0.1, 0.15) is 18.4 Å². The van der Waals surface area contributed by atoms with Gasteiger partial charge >= 0.3 is 0 Å². The molecule has 1 amide bonds. The van der Waals surface area contributed by atoms with Crippen LogP contribution in [0.2, 0.25) is 0 Å². The van der Waals surface area contributed by atoms with Gasteiger partial charge in [0, 0.05) is 0 Å². The van der Waals surface area contributed by atoms with Crippen LogP contribution in [0.25, 0.3) is 0 Å². The summed E-state index contributed by atoms with van der Waals surface area (Å²) < 4.78 is 5.77. The molecule has 3 rings (SSSR count). The lowest BCUT2D eigenvalue weighted by molar-refractivity contribution is -0.192. The lowest BCUT2D eigenvalue weighted by atomic mass is 10.1. The number of rotatable bonds is 3. The molecule has 4 heteroatoms. The van der Waals surface area contributed by atoms with Crippen LogP contribution in [0.4, 0.5) is 0 Å². The molecule has 1 saturated heterocycles. The van der Waals surface area contributed by atoms with Gasteiger partial charge in [0.1, 0.15) is 6.10 Å². The number of carbonyl (C=O) groups is 1. The number of hydrogen-bond acceptors (Lipinski definition) is 3. The summed E-state index contributed by atoms with van der Waals surface area (Å²) in [6, 6.07) is 9.91. The van der Waals surface area contributed by atoms with Gasteiger partial charge in [0.2, 0.25) is 0 Å². The van der Waals surface area contributed by atoms with Crippen molar-refractivity contribution in [2.45, 2.75) is 25.6 Å². The molecule has 0 spiro atoms. The van der Waals surface area contributed by atoms with Gasteiger partial charge in [-0.05, 0) is 24.0 Å². The zero-order valence-corrected chi connectivity index (χ0v) is 10.7. The molecule has 2 aliphatic rings. The van der Waals surface area contributed by atoms with Crippen molar-refractivity contribution in [3.8, 4) is 0 Å². The van der Waals surface area contributed by atoms with E-state index in [1.807, 2.05) is 30.3 Å². The van der Waals surface area contributed by atoms with Crippen molar-refractivity contribution >= 4 is 5.91 Å². The predicted molar refractivity (Wildman–Crippen MR) is 70.0 cm³/mol. The quantitative estimate of drug-likeness (QED) is 0.780. The van der Waals surface area contributed by atoms with Crippen LogP contribution >= 0.6 is 0 Å². The van der Waals surface area contributed by atoms with Crippen LogP contribution in [-0.4, -0.2) is 30.2 Å². The molecule has 4 nitrogen and oxygen atoms in total. The lowest BCUT2D eigenvalue weighted by Crippen LogP contribution is -2.40. The van der Waals surface area contributed by atoms with Crippen molar-refractivity contribution in [1.82, 2.24) is 5.06 Å². The highest BCUT2D eigenvalue weighted by Crippen LogP contribution is 2.23. The van der Waals surface area contributed by atoms with Crippen LogP contribution in [0.5, 0.6) is 0 Å². The Kier molecular flexibility index (Phi) is 3.62. The summed E-state index contributed by atoms with van der Waals surface area (Å²) >= 11 is 0. The Morgan fingerprint density at radius 1 is 1.32 bits per heavy atom. The van der Waals surface area contributed by atoms with E-state index in [0.29, 0.717) is 19.8 Å². The number of ether oxygens (including phenoxy) is 1. The predicted octanol–water partition coefficient (Wildman–Crippen LogP) is 2.07. The van der Waals surface area contributed by atoms with E-state index in [0.717, 1.165) is 18.4 Å². The van der Waals surface area contributed by atoms with Crippen molar-refractivity contribution in [2.24, 2.45) is 0 Å². The maximum Gasteiger partial charge on any atom is 0.275 e. The lowest BCUT2D eigenvalue weighted by Gasteiger charge is -2.25. The maximum atomic E-state index is 12.2. The summed E-state index contributed by atoms with van der Waals surface area (Å²) in [7, 11) is 0. The first-order chi connectivity index (χ1) is 9.33. The standard InChI is InChI=1S/C15H17NO3/c17-15-14(18-11-13-4-2-1-3-5-13)7-6-12-8-9-19-16(15)10-12/h1-5,8,14H,6-7,9-11H2/t14-/m1/s1. The first-order valence-corrected chi connectivity index (χ1v) is 6.60. The van der Waals surface area contributed by atoms with E-state index in [1.54, 1.807) is 0 Å². The summed E-state index contributed by atoms with van der Waals surface area (Å²) in [6.07, 6.45) is 3.30. The Bertz CT molecular complexity index is 483. The van der Waals surface area contributed by atoms with Crippen molar-refractivity contribution < 1.29 is 14.4 Å². The molecule has 2 bridgehead atoms. The molecule has 2 aliphatic heterocycles. The third kappa shape index (κ3) is 2.85. The first kappa shape index (κ1) is 12.4. The van der Waals surface area contributed by atoms with Gasteiger partial charge < -0.3 is 4.74 Å². The summed E-state index contributed by atoms with van der Waals surface area (Å²) in [4.78, 5) is 17.6. The molecule has 2 heterocycles. The van der Waals surface area contributed by atoms with E-state index in [4.69, 9.17) is 9.57 Å². The average molecular weight is 259 g/mol. The third-order valence-corrected chi connectivity index (χ3v) is 3.49. The van der Waals surface area contributed by atoms with E-state index >= 15 is 0 Å². The molecule has 0 saturated carbocycles. The SMILES string of the molecule is O=C1[C@H](OCc2ccccc2)CCC2=CCON1C2. The molecule has 1 aromatic rings. The smallest absolute Gasteiger partial charge is 0.275 e. The number of fused-ring (bicyclic) bond motifs is 2. The highest BCUT2D eigenvalue weighted by atomic mass is 16.7. The third-order valence-electron chi connectivity index (χ3n) is 3.49. The molecule has 19 heavy (non-hydrogen) atoms. The van der Waals surface area contributed by atoms with E-state index in [1.165, 1.54) is 10.6 Å². The minimum Gasteiger partial charge on any atom is -0.364 e. The van der Waals surface area contributed by atoms with Gasteiger partial charge in [-0.15, -0.1) is 0 Å². The molecule has 0 unspecified atom stereocenters. The molecule has 1 aromatic carbocycles. The van der Waals surface area contributed by atoms with Gasteiger partial charge in [-0.2, -0.15) is 0 Å². The minimum atomic E-state index is -0.399. The number of hydrogen-bond donors (Lipinski definition) is 0. The van der Waals surface area contributed by atoms with E-state index in [2.05, 4.69) is 6.08 Å². The molecule has 100 valence electrons. The van der Waals surface area contributed by atoms with Crippen LogP contribution < -0.4 is 0 Å². The zero-order valence-electron chi connectivity index (χ0n) is 10.7. The molecule has 0 radical (unpaired) electrons. The Labute approximate surface area is 112 Å². The number of amides is 1. The second-order valence-electron chi connectivity index (χ2n) is 4.86. The van der Waals surface area contributed by atoms with Crippen LogP contribution in [-0.2, 0) is 21.0 Å². The molecule has 0 aliphatic carbocycles. The topological polar surface area (TPSA) is 38.8 Å². The average Bonchev–Trinajstić information content (AvgIpc) is 2.57. The summed E-state index contributed by atoms with van der Waals surface area (Å²) in [6.45, 7) is 1.54. The fourth-order valence-corrected chi connectivity index (χ4v) is 2.39. The van der Waals surface area contributed by atoms with E-state index in [9.17, 15) is 4.79 Å². The van der Waals surface area contributed by atoms with Gasteiger partial charge in [0.25, 0.3) is 5.91 Å². The van der Waals surface area contributed by atoms with Gasteiger partial charge in [0.05, 0.1) is 19.8 Å². The number of benzene rings is 1. The number of nitrogens with zero attached hydrogens (tertiary/aromatic N) is 1. The largest absolute Gasteiger partial charge is 0.364 e. The fourth-order valence-electron chi connectivity index (χ4n) is 2.39. The monoisotopic (exact) mass is 259 g/mol. The maximum absolute atomic E-state index is 12.2. The Hall–Kier alpha value is -1.65. The molecule has 0 N–H and O–H groups in total. The Morgan fingerprint density at radius 3 is 3.00 bits per heavy atom. The van der Waals surface area contributed by atoms with Gasteiger partial charge in [-0.25, -0.2) is 5.06 Å². The minimum absolute atomic E-state index is 0.0565. The van der Waals surface area contributed by atoms with Gasteiger partial charge in [-0.1, -0.05) is 36.4 Å². The Balaban J connectivity index is 1.64. The normalized spacial score (nSPS) is 22.9. The Morgan fingerprint density at radius 2 is 2.16 bits per heavy atom. The second kappa shape index (κ2) is 5.55. The number of hydroxylamine groups is 2. The molecular formula is C15H17NO3.